The van der Waals surface area contributed by atoms with Gasteiger partial charge in [-0.15, -0.1) is 0 Å². The van der Waals surface area contributed by atoms with Gasteiger partial charge < -0.3 is 15.6 Å². The molecule has 1 unspecified atom stereocenters. The molecule has 0 fully saturated rings. The van der Waals surface area contributed by atoms with Gasteiger partial charge in [0.25, 0.3) is 10.0 Å². The molecule has 5 rings (SSSR count). The van der Waals surface area contributed by atoms with Gasteiger partial charge in [0.1, 0.15) is 5.82 Å². The fourth-order valence-electron chi connectivity index (χ4n) is 3.67. The molecule has 4 heterocycles. The summed E-state index contributed by atoms with van der Waals surface area (Å²) < 4.78 is 29.7. The van der Waals surface area contributed by atoms with Crippen molar-refractivity contribution in [2.45, 2.75) is 17.5 Å². The number of nitrogen functional groups attached to an aromatic ring is 1. The van der Waals surface area contributed by atoms with E-state index in [4.69, 9.17) is 5.73 Å². The summed E-state index contributed by atoms with van der Waals surface area (Å²) in [4.78, 5) is 12.5. The zero-order chi connectivity index (χ0) is 20.9. The summed E-state index contributed by atoms with van der Waals surface area (Å²) in [6.45, 7) is 0.208. The summed E-state index contributed by atoms with van der Waals surface area (Å²) in [6, 6.07) is 7.21. The summed E-state index contributed by atoms with van der Waals surface area (Å²) in [6.07, 6.45) is 5.19. The Hall–Kier alpha value is -3.67. The van der Waals surface area contributed by atoms with Gasteiger partial charge in [0.15, 0.2) is 10.7 Å². The van der Waals surface area contributed by atoms with Crippen LogP contribution in [0.4, 0.5) is 17.5 Å². The number of aryl methyl sites for hydroxylation is 1. The van der Waals surface area contributed by atoms with Crippen LogP contribution >= 0.6 is 0 Å². The number of aromatic nitrogens is 6. The van der Waals surface area contributed by atoms with Crippen molar-refractivity contribution in [3.63, 3.8) is 0 Å². The summed E-state index contributed by atoms with van der Waals surface area (Å²) in [5, 5.41) is 10.8. The van der Waals surface area contributed by atoms with Gasteiger partial charge in [-0.25, -0.2) is 4.98 Å². The first-order valence-electron chi connectivity index (χ1n) is 9.23. The first-order valence-corrected chi connectivity index (χ1v) is 10.7. The number of nitrogens with zero attached hydrogens (tertiary/aromatic N) is 6. The molecule has 0 bridgehead atoms. The third-order valence-electron chi connectivity index (χ3n) is 5.02. The van der Waals surface area contributed by atoms with Crippen molar-refractivity contribution in [1.82, 2.24) is 29.7 Å². The molecule has 1 aromatic carbocycles. The van der Waals surface area contributed by atoms with Crippen LogP contribution in [0, 0.1) is 0 Å². The number of nitrogens with two attached hydrogens (primary N) is 1. The van der Waals surface area contributed by atoms with E-state index in [0.29, 0.717) is 29.0 Å². The Morgan fingerprint density at radius 3 is 2.90 bits per heavy atom. The lowest BCUT2D eigenvalue weighted by atomic mass is 9.99. The van der Waals surface area contributed by atoms with Crippen LogP contribution in [0.1, 0.15) is 5.56 Å². The first kappa shape index (κ1) is 18.4. The molecule has 0 radical (unpaired) electrons. The van der Waals surface area contributed by atoms with Crippen LogP contribution in [-0.2, 0) is 23.5 Å². The minimum Gasteiger partial charge on any atom is -0.368 e. The molecule has 154 valence electrons. The monoisotopic (exact) mass is 425 g/mol. The lowest BCUT2D eigenvalue weighted by molar-refractivity contribution is 0.577. The van der Waals surface area contributed by atoms with Crippen molar-refractivity contribution in [2.75, 3.05) is 21.9 Å². The number of H-pyrrole nitrogens is 1. The molecule has 0 saturated heterocycles. The maximum absolute atomic E-state index is 13.3. The molecule has 0 amide bonds. The molecule has 12 heteroatoms. The number of hydrogen-bond donors (Lipinski definition) is 3. The predicted octanol–water partition coefficient (Wildman–Crippen LogP) is 0.901. The molecule has 0 saturated carbocycles. The quantitative estimate of drug-likeness (QED) is 0.437. The summed E-state index contributed by atoms with van der Waals surface area (Å²) in [7, 11) is -2.10. The third kappa shape index (κ3) is 3.01. The van der Waals surface area contributed by atoms with E-state index in [2.05, 4.69) is 30.5 Å². The SMILES string of the molecule is Cn1cnc(S(=O)(=O)N2CC(Nc3nc(N)nc4[nH]ncc34)Cc3ccccc32)c1. The summed E-state index contributed by atoms with van der Waals surface area (Å²) in [5.74, 6) is 0.606. The van der Waals surface area contributed by atoms with E-state index in [-0.39, 0.29) is 23.6 Å². The van der Waals surface area contributed by atoms with Crippen molar-refractivity contribution < 1.29 is 8.42 Å². The van der Waals surface area contributed by atoms with Crippen molar-refractivity contribution >= 4 is 38.5 Å². The second-order valence-corrected chi connectivity index (χ2v) is 8.96. The zero-order valence-corrected chi connectivity index (χ0v) is 16.8. The zero-order valence-electron chi connectivity index (χ0n) is 16.0. The highest BCUT2D eigenvalue weighted by molar-refractivity contribution is 7.92. The highest BCUT2D eigenvalue weighted by atomic mass is 32.2. The van der Waals surface area contributed by atoms with Gasteiger partial charge in [0, 0.05) is 13.2 Å². The average Bonchev–Trinajstić information content (AvgIpc) is 3.36. The average molecular weight is 425 g/mol. The van der Waals surface area contributed by atoms with E-state index in [1.54, 1.807) is 17.8 Å². The molecule has 1 aliphatic heterocycles. The molecule has 1 aliphatic rings. The Morgan fingerprint density at radius 2 is 2.10 bits per heavy atom. The van der Waals surface area contributed by atoms with Crippen molar-refractivity contribution in [2.24, 2.45) is 7.05 Å². The Labute approximate surface area is 172 Å². The Morgan fingerprint density at radius 1 is 1.27 bits per heavy atom. The topological polar surface area (TPSA) is 148 Å². The molecule has 30 heavy (non-hydrogen) atoms. The van der Waals surface area contributed by atoms with E-state index in [0.717, 1.165) is 5.56 Å². The van der Waals surface area contributed by atoms with Gasteiger partial charge in [0.2, 0.25) is 5.95 Å². The number of imidazole rings is 1. The number of fused-ring (bicyclic) bond motifs is 2. The van der Waals surface area contributed by atoms with E-state index in [1.165, 1.54) is 16.8 Å². The van der Waals surface area contributed by atoms with E-state index >= 15 is 0 Å². The van der Waals surface area contributed by atoms with Crippen LogP contribution in [0.3, 0.4) is 0 Å². The standard InChI is InChI=1S/C18H19N9O2S/c1-26-9-15(20-10-26)30(28,29)27-8-12(6-11-4-2-3-5-14(11)27)22-16-13-7-21-25-17(13)24-18(19)23-16/h2-5,7,9-10,12H,6,8H2,1H3,(H4,19,21,22,23,24,25). The second-order valence-electron chi connectivity index (χ2n) is 7.15. The first-order chi connectivity index (χ1) is 14.4. The van der Waals surface area contributed by atoms with Crippen LogP contribution < -0.4 is 15.4 Å². The molecule has 4 N–H and O–H groups in total. The summed E-state index contributed by atoms with van der Waals surface area (Å²) in [5.41, 5.74) is 7.89. The van der Waals surface area contributed by atoms with Crippen molar-refractivity contribution in [3.05, 3.63) is 48.5 Å². The van der Waals surface area contributed by atoms with Crippen LogP contribution in [0.2, 0.25) is 0 Å². The summed E-state index contributed by atoms with van der Waals surface area (Å²) >= 11 is 0. The second kappa shape index (κ2) is 6.69. The van der Waals surface area contributed by atoms with Crippen LogP contribution in [-0.4, -0.2) is 50.7 Å². The van der Waals surface area contributed by atoms with Crippen LogP contribution in [0.5, 0.6) is 0 Å². The normalized spacial score (nSPS) is 16.6. The lowest BCUT2D eigenvalue weighted by Crippen LogP contribution is -2.45. The van der Waals surface area contributed by atoms with Gasteiger partial charge in [-0.3, -0.25) is 9.40 Å². The van der Waals surface area contributed by atoms with Crippen LogP contribution in [0.15, 0.2) is 48.0 Å². The van der Waals surface area contributed by atoms with E-state index in [1.807, 2.05) is 24.3 Å². The van der Waals surface area contributed by atoms with E-state index < -0.39 is 10.0 Å². The third-order valence-corrected chi connectivity index (χ3v) is 6.68. The van der Waals surface area contributed by atoms with Gasteiger partial charge >= 0.3 is 0 Å². The lowest BCUT2D eigenvalue weighted by Gasteiger charge is -2.35. The minimum atomic E-state index is -3.83. The van der Waals surface area contributed by atoms with Gasteiger partial charge in [-0.05, 0) is 18.1 Å². The Bertz CT molecular complexity index is 1340. The fraction of sp³-hybridized carbons (Fsp3) is 0.222. The number of benzene rings is 1. The van der Waals surface area contributed by atoms with Crippen molar-refractivity contribution in [3.8, 4) is 0 Å². The molecule has 1 atom stereocenters. The number of hydrogen-bond acceptors (Lipinski definition) is 8. The molecular formula is C18H19N9O2S. The number of nitrogens with one attached hydrogen (secondary N) is 2. The van der Waals surface area contributed by atoms with Crippen LogP contribution in [0.25, 0.3) is 11.0 Å². The Kier molecular flexibility index (Phi) is 4.10. The largest absolute Gasteiger partial charge is 0.368 e. The molecule has 0 aliphatic carbocycles. The maximum Gasteiger partial charge on any atom is 0.283 e. The number of anilines is 3. The highest BCUT2D eigenvalue weighted by Crippen LogP contribution is 2.33. The molecule has 11 nitrogen and oxygen atoms in total. The smallest absolute Gasteiger partial charge is 0.283 e. The molecule has 4 aromatic rings. The van der Waals surface area contributed by atoms with E-state index in [9.17, 15) is 8.42 Å². The van der Waals surface area contributed by atoms with Gasteiger partial charge in [0.05, 0.1) is 36.2 Å². The number of para-hydroxylation sites is 1. The Balaban J connectivity index is 1.54. The predicted molar refractivity (Wildman–Crippen MR) is 111 cm³/mol. The fourth-order valence-corrected chi connectivity index (χ4v) is 5.19. The van der Waals surface area contributed by atoms with Gasteiger partial charge in [-0.1, -0.05) is 18.2 Å². The molecule has 3 aromatic heterocycles. The number of rotatable bonds is 4. The molecule has 0 spiro atoms. The molecular weight excluding hydrogens is 406 g/mol. The van der Waals surface area contributed by atoms with Gasteiger partial charge in [-0.2, -0.15) is 23.5 Å². The minimum absolute atomic E-state index is 0.00367. The highest BCUT2D eigenvalue weighted by Gasteiger charge is 2.34. The number of aromatic amines is 1. The maximum atomic E-state index is 13.3. The van der Waals surface area contributed by atoms with Crippen molar-refractivity contribution in [1.29, 1.82) is 0 Å². The number of sulfonamides is 1.